The third-order valence-corrected chi connectivity index (χ3v) is 5.69. The van der Waals surface area contributed by atoms with Gasteiger partial charge in [-0.05, 0) is 55.3 Å². The fourth-order valence-electron chi connectivity index (χ4n) is 3.93. The van der Waals surface area contributed by atoms with Crippen molar-refractivity contribution in [2.24, 2.45) is 0 Å². The lowest BCUT2D eigenvalue weighted by Gasteiger charge is -2.22. The number of aromatic nitrogens is 1. The molecular weight excluding hydrogens is 416 g/mol. The number of fused-ring (bicyclic) bond motifs is 1. The Bertz CT molecular complexity index is 1300. The Labute approximate surface area is 192 Å². The van der Waals surface area contributed by atoms with E-state index in [2.05, 4.69) is 23.4 Å². The average Bonchev–Trinajstić information content (AvgIpc) is 3.49. The van der Waals surface area contributed by atoms with E-state index in [0.717, 1.165) is 22.3 Å². The molecule has 0 N–H and O–H groups in total. The molecule has 1 aliphatic heterocycles. The molecule has 6 nitrogen and oxygen atoms in total. The van der Waals surface area contributed by atoms with Gasteiger partial charge in [0.05, 0.1) is 6.54 Å². The smallest absolute Gasteiger partial charge is 0.254 e. The quantitative estimate of drug-likeness (QED) is 0.394. The molecule has 1 aromatic heterocycles. The van der Waals surface area contributed by atoms with Crippen molar-refractivity contribution < 1.29 is 18.8 Å². The maximum Gasteiger partial charge on any atom is 0.254 e. The number of carbonyl (C=O) groups is 1. The van der Waals surface area contributed by atoms with E-state index in [4.69, 9.17) is 14.0 Å². The largest absolute Gasteiger partial charge is 0.454 e. The second kappa shape index (κ2) is 8.82. The SMILES string of the molecule is Cc1ccc(C)c(-c2cc(CN(Cc3ccc4c(c3)OCO4)C(=O)c3ccccc3)no2)c1. The van der Waals surface area contributed by atoms with Crippen molar-refractivity contribution in [3.63, 3.8) is 0 Å². The van der Waals surface area contributed by atoms with Gasteiger partial charge in [0.25, 0.3) is 5.91 Å². The Kier molecular flexibility index (Phi) is 5.57. The van der Waals surface area contributed by atoms with Gasteiger partial charge in [-0.2, -0.15) is 0 Å². The molecule has 0 fully saturated rings. The molecule has 166 valence electrons. The standard InChI is InChI=1S/C27H24N2O4/c1-18-8-9-19(2)23(12-18)25-14-22(28-33-25)16-29(27(30)21-6-4-3-5-7-21)15-20-10-11-24-26(13-20)32-17-31-24/h3-14H,15-17H2,1-2H3. The summed E-state index contributed by atoms with van der Waals surface area (Å²) in [6, 6.07) is 23.1. The van der Waals surface area contributed by atoms with Crippen LogP contribution in [-0.2, 0) is 13.1 Å². The van der Waals surface area contributed by atoms with E-state index in [9.17, 15) is 4.79 Å². The molecule has 0 saturated heterocycles. The highest BCUT2D eigenvalue weighted by atomic mass is 16.7. The van der Waals surface area contributed by atoms with Crippen LogP contribution in [0.4, 0.5) is 0 Å². The van der Waals surface area contributed by atoms with E-state index in [1.807, 2.05) is 68.4 Å². The molecule has 0 atom stereocenters. The Hall–Kier alpha value is -4.06. The summed E-state index contributed by atoms with van der Waals surface area (Å²) in [6.07, 6.45) is 0. The number of amides is 1. The normalized spacial score (nSPS) is 12.1. The number of hydrogen-bond acceptors (Lipinski definition) is 5. The number of aryl methyl sites for hydroxylation is 2. The predicted octanol–water partition coefficient (Wildman–Crippen LogP) is 5.53. The van der Waals surface area contributed by atoms with Crippen molar-refractivity contribution in [3.05, 3.63) is 101 Å². The fraction of sp³-hybridized carbons (Fsp3) is 0.185. The van der Waals surface area contributed by atoms with Crippen LogP contribution >= 0.6 is 0 Å². The summed E-state index contributed by atoms with van der Waals surface area (Å²) in [5.74, 6) is 2.03. The number of benzene rings is 3. The first-order valence-electron chi connectivity index (χ1n) is 10.8. The first-order chi connectivity index (χ1) is 16.1. The molecule has 0 bridgehead atoms. The summed E-state index contributed by atoms with van der Waals surface area (Å²) in [5.41, 5.74) is 5.53. The van der Waals surface area contributed by atoms with Gasteiger partial charge < -0.3 is 18.9 Å². The molecule has 0 spiro atoms. The predicted molar refractivity (Wildman–Crippen MR) is 124 cm³/mol. The molecule has 1 amide bonds. The zero-order valence-corrected chi connectivity index (χ0v) is 18.6. The summed E-state index contributed by atoms with van der Waals surface area (Å²) in [4.78, 5) is 15.1. The van der Waals surface area contributed by atoms with E-state index in [0.29, 0.717) is 41.6 Å². The molecule has 33 heavy (non-hydrogen) atoms. The highest BCUT2D eigenvalue weighted by molar-refractivity contribution is 5.94. The molecule has 0 unspecified atom stereocenters. The van der Waals surface area contributed by atoms with Gasteiger partial charge in [0.2, 0.25) is 6.79 Å². The maximum absolute atomic E-state index is 13.4. The molecule has 2 heterocycles. The van der Waals surface area contributed by atoms with E-state index >= 15 is 0 Å². The highest BCUT2D eigenvalue weighted by Crippen LogP contribution is 2.33. The van der Waals surface area contributed by atoms with E-state index < -0.39 is 0 Å². The minimum atomic E-state index is -0.0791. The van der Waals surface area contributed by atoms with Crippen molar-refractivity contribution in [1.82, 2.24) is 10.1 Å². The Morgan fingerprint density at radius 2 is 1.73 bits per heavy atom. The summed E-state index contributed by atoms with van der Waals surface area (Å²) in [5, 5.41) is 4.27. The fourth-order valence-corrected chi connectivity index (χ4v) is 3.93. The second-order valence-corrected chi connectivity index (χ2v) is 8.22. The molecule has 1 aliphatic rings. The number of carbonyl (C=O) groups excluding carboxylic acids is 1. The van der Waals surface area contributed by atoms with E-state index in [1.165, 1.54) is 0 Å². The molecule has 0 aliphatic carbocycles. The Morgan fingerprint density at radius 3 is 2.58 bits per heavy atom. The lowest BCUT2D eigenvalue weighted by Crippen LogP contribution is -2.30. The van der Waals surface area contributed by atoms with Crippen LogP contribution in [0.5, 0.6) is 11.5 Å². The summed E-state index contributed by atoms with van der Waals surface area (Å²) < 4.78 is 16.6. The first kappa shape index (κ1) is 20.8. The lowest BCUT2D eigenvalue weighted by molar-refractivity contribution is 0.0726. The van der Waals surface area contributed by atoms with Crippen molar-refractivity contribution >= 4 is 5.91 Å². The molecule has 5 rings (SSSR count). The van der Waals surface area contributed by atoms with Gasteiger partial charge in [-0.25, -0.2) is 0 Å². The number of hydrogen-bond donors (Lipinski definition) is 0. The van der Waals surface area contributed by atoms with E-state index in [-0.39, 0.29) is 12.7 Å². The van der Waals surface area contributed by atoms with Crippen LogP contribution in [0.1, 0.15) is 32.7 Å². The zero-order chi connectivity index (χ0) is 22.8. The van der Waals surface area contributed by atoms with Crippen molar-refractivity contribution in [2.45, 2.75) is 26.9 Å². The van der Waals surface area contributed by atoms with Crippen LogP contribution in [0.2, 0.25) is 0 Å². The van der Waals surface area contributed by atoms with Crippen molar-refractivity contribution in [3.8, 4) is 22.8 Å². The maximum atomic E-state index is 13.4. The summed E-state index contributed by atoms with van der Waals surface area (Å²) in [7, 11) is 0. The van der Waals surface area contributed by atoms with Crippen LogP contribution in [0, 0.1) is 13.8 Å². The third kappa shape index (κ3) is 4.46. The molecule has 6 heteroatoms. The molecule has 0 saturated carbocycles. The van der Waals surface area contributed by atoms with Crippen LogP contribution in [-0.4, -0.2) is 22.8 Å². The minimum Gasteiger partial charge on any atom is -0.454 e. The van der Waals surface area contributed by atoms with Gasteiger partial charge in [-0.1, -0.05) is 47.1 Å². The van der Waals surface area contributed by atoms with Crippen molar-refractivity contribution in [2.75, 3.05) is 6.79 Å². The number of rotatable bonds is 6. The van der Waals surface area contributed by atoms with Crippen LogP contribution in [0.15, 0.2) is 77.3 Å². The van der Waals surface area contributed by atoms with Crippen LogP contribution in [0.25, 0.3) is 11.3 Å². The van der Waals surface area contributed by atoms with Gasteiger partial charge in [0, 0.05) is 23.7 Å². The monoisotopic (exact) mass is 440 g/mol. The third-order valence-electron chi connectivity index (χ3n) is 5.69. The molecule has 3 aromatic carbocycles. The first-order valence-corrected chi connectivity index (χ1v) is 10.8. The van der Waals surface area contributed by atoms with E-state index in [1.54, 1.807) is 4.90 Å². The van der Waals surface area contributed by atoms with Gasteiger partial charge in [-0.3, -0.25) is 4.79 Å². The summed E-state index contributed by atoms with van der Waals surface area (Å²) in [6.45, 7) is 5.02. The highest BCUT2D eigenvalue weighted by Gasteiger charge is 2.21. The van der Waals surface area contributed by atoms with Crippen LogP contribution < -0.4 is 9.47 Å². The van der Waals surface area contributed by atoms with Gasteiger partial charge >= 0.3 is 0 Å². The van der Waals surface area contributed by atoms with Crippen molar-refractivity contribution in [1.29, 1.82) is 0 Å². The number of nitrogens with zero attached hydrogens (tertiary/aromatic N) is 2. The topological polar surface area (TPSA) is 64.8 Å². The van der Waals surface area contributed by atoms with Gasteiger partial charge in [-0.15, -0.1) is 0 Å². The zero-order valence-electron chi connectivity index (χ0n) is 18.6. The Balaban J connectivity index is 1.43. The van der Waals surface area contributed by atoms with Crippen LogP contribution in [0.3, 0.4) is 0 Å². The summed E-state index contributed by atoms with van der Waals surface area (Å²) >= 11 is 0. The second-order valence-electron chi connectivity index (χ2n) is 8.22. The average molecular weight is 440 g/mol. The van der Waals surface area contributed by atoms with Gasteiger partial charge in [0.1, 0.15) is 5.69 Å². The van der Waals surface area contributed by atoms with Gasteiger partial charge in [0.15, 0.2) is 17.3 Å². The number of ether oxygens (including phenoxy) is 2. The minimum absolute atomic E-state index is 0.0791. The molecule has 0 radical (unpaired) electrons. The molecular formula is C27H24N2O4. The lowest BCUT2D eigenvalue weighted by atomic mass is 10.0. The Morgan fingerprint density at radius 1 is 0.909 bits per heavy atom. The molecule has 4 aromatic rings.